The number of pyridine rings is 1. The lowest BCUT2D eigenvalue weighted by Gasteiger charge is -2.28. The van der Waals surface area contributed by atoms with Crippen LogP contribution in [0.4, 0.5) is 0 Å². The molecule has 0 spiro atoms. The van der Waals surface area contributed by atoms with Crippen molar-refractivity contribution in [1.29, 1.82) is 0 Å². The molecule has 8 amide bonds. The van der Waals surface area contributed by atoms with Crippen molar-refractivity contribution in [2.75, 3.05) is 13.1 Å². The third-order valence-corrected chi connectivity index (χ3v) is 13.5. The number of guanidine groups is 1. The average Bonchev–Trinajstić information content (AvgIpc) is 3.91. The summed E-state index contributed by atoms with van der Waals surface area (Å²) in [4.78, 5) is 143. The first kappa shape index (κ1) is 63.3. The van der Waals surface area contributed by atoms with Crippen LogP contribution in [-0.2, 0) is 67.3 Å². The second-order valence-corrected chi connectivity index (χ2v) is 20.0. The number of rotatable bonds is 19. The molecule has 9 atom stereocenters. The van der Waals surface area contributed by atoms with E-state index in [0.717, 1.165) is 10.9 Å². The molecule has 81 heavy (non-hydrogen) atoms. The Morgan fingerprint density at radius 3 is 2.02 bits per heavy atom. The topological polar surface area (TPSA) is 430 Å². The molecule has 3 heterocycles. The van der Waals surface area contributed by atoms with Crippen LogP contribution in [0.15, 0.2) is 90.3 Å². The molecule has 1 aliphatic heterocycles. The number of nitrogens with one attached hydrogen (secondary N) is 9. The van der Waals surface area contributed by atoms with Crippen LogP contribution >= 0.6 is 0 Å². The molecular formula is C55H78N16O10. The summed E-state index contributed by atoms with van der Waals surface area (Å²) < 4.78 is 0. The first-order valence-corrected chi connectivity index (χ1v) is 27.2. The van der Waals surface area contributed by atoms with Crippen LogP contribution in [-0.4, -0.2) is 137 Å². The van der Waals surface area contributed by atoms with Crippen molar-refractivity contribution in [2.45, 2.75) is 152 Å². The first-order valence-electron chi connectivity index (χ1n) is 27.2. The van der Waals surface area contributed by atoms with Gasteiger partial charge in [0.15, 0.2) is 5.96 Å². The highest BCUT2D eigenvalue weighted by Crippen LogP contribution is 2.20. The van der Waals surface area contributed by atoms with Crippen LogP contribution in [0, 0.1) is 0 Å². The summed E-state index contributed by atoms with van der Waals surface area (Å²) in [6, 6.07) is 7.83. The lowest BCUT2D eigenvalue weighted by atomic mass is 10.0. The second kappa shape index (κ2) is 32.6. The van der Waals surface area contributed by atoms with Gasteiger partial charge in [0.1, 0.15) is 42.3 Å². The highest BCUT2D eigenvalue weighted by atomic mass is 16.7. The van der Waals surface area contributed by atoms with E-state index in [9.17, 15) is 43.2 Å². The van der Waals surface area contributed by atoms with E-state index in [4.69, 9.17) is 33.5 Å². The number of carbonyl (C=O) groups is 9. The number of benzene rings is 2. The number of primary amides is 1. The summed E-state index contributed by atoms with van der Waals surface area (Å²) in [5.41, 5.74) is 34.0. The molecule has 1 saturated heterocycles. The van der Waals surface area contributed by atoms with Crippen molar-refractivity contribution in [3.8, 4) is 0 Å². The minimum atomic E-state index is -1.52. The summed E-state index contributed by atoms with van der Waals surface area (Å²) in [5.74, 6) is -7.55. The molecule has 1 aliphatic rings. The lowest BCUT2D eigenvalue weighted by Crippen LogP contribution is -2.61. The molecule has 0 bridgehead atoms. The number of H-pyrrole nitrogens is 1. The maximum atomic E-state index is 14.8. The van der Waals surface area contributed by atoms with Gasteiger partial charge in [-0.25, -0.2) is 0 Å². The summed E-state index contributed by atoms with van der Waals surface area (Å²) in [7, 11) is 0. The number of para-hydroxylation sites is 1. The van der Waals surface area contributed by atoms with E-state index in [0.29, 0.717) is 36.0 Å². The fraction of sp³-hybridized carbons (Fsp3) is 0.473. The number of nitrogens with two attached hydrogens (primary N) is 5. The molecule has 1 unspecified atom stereocenters. The van der Waals surface area contributed by atoms with Crippen molar-refractivity contribution in [2.24, 2.45) is 33.7 Å². The van der Waals surface area contributed by atoms with Crippen LogP contribution in [0.1, 0.15) is 94.7 Å². The smallest absolute Gasteiger partial charge is 0.324 e. The molecular weight excluding hydrogens is 1040 g/mol. The van der Waals surface area contributed by atoms with Gasteiger partial charge in [0.05, 0.1) is 6.04 Å². The first-order chi connectivity index (χ1) is 38.8. The van der Waals surface area contributed by atoms with Gasteiger partial charge in [0.2, 0.25) is 47.3 Å². The molecule has 2 aromatic heterocycles. The highest BCUT2D eigenvalue weighted by molar-refractivity contribution is 5.98. The van der Waals surface area contributed by atoms with Gasteiger partial charge in [-0.05, 0) is 80.7 Å². The summed E-state index contributed by atoms with van der Waals surface area (Å²) in [5, 5.41) is 19.8. The number of amides is 8. The van der Waals surface area contributed by atoms with Crippen molar-refractivity contribution < 1.29 is 48.0 Å². The number of fused-ring (bicyclic) bond motifs is 1. The zero-order valence-corrected chi connectivity index (χ0v) is 45.7. The van der Waals surface area contributed by atoms with Gasteiger partial charge < -0.3 is 75.7 Å². The van der Waals surface area contributed by atoms with E-state index in [-0.39, 0.29) is 76.8 Å². The molecule has 1 fully saturated rings. The molecule has 0 radical (unpaired) electrons. The molecule has 0 aliphatic carbocycles. The molecule has 26 nitrogen and oxygen atoms in total. The van der Waals surface area contributed by atoms with Gasteiger partial charge in [-0.3, -0.25) is 53.1 Å². The predicted octanol–water partition coefficient (Wildman–Crippen LogP) is -1.60. The Morgan fingerprint density at radius 2 is 1.36 bits per heavy atom. The molecule has 4 aromatic rings. The number of unbranched alkanes of at least 4 members (excludes halogenated alkanes) is 1. The SMILES string of the molecule is CCCC[C@H](NC(=O)[C@@H](N)C(C)N)C(=O)N[C@H]1CCC(=O)ONCCCC[C@@H](C(N)=O)NC(=O)[C@H](Cc2c[nH]c3ccccc23)NC(=O)[C@H](CCCN=C(N)N)NC(=O)[C@@H](Cc2ccccc2)NC(=O)[C@H](Cc2cccnc2)NC1=O. The number of hydrogen-bond donors (Lipinski definition) is 14. The molecule has 0 saturated carbocycles. The Morgan fingerprint density at radius 1 is 0.728 bits per heavy atom. The Hall–Kier alpha value is -8.49. The summed E-state index contributed by atoms with van der Waals surface area (Å²) in [6.07, 6.45) is 5.51. The van der Waals surface area contributed by atoms with E-state index < -0.39 is 114 Å². The summed E-state index contributed by atoms with van der Waals surface area (Å²) >= 11 is 0. The molecule has 19 N–H and O–H groups in total. The van der Waals surface area contributed by atoms with Crippen LogP contribution in [0.3, 0.4) is 0 Å². The standard InChI is InChI=1S/C55H78N16O10/c1-3-4-18-39(68-54(80)46(57)32(2)56)48(74)67-41-22-23-45(72)81-64-26-11-10-20-38(47(58)73)65-53(79)44(29-35-31-63-37-19-9-8-17-36(35)37)71-49(75)40(21-13-25-62-55(59)60)66-51(77)42(27-33-14-6-5-7-15-33)70-52(78)43(69-50(41)76)28-34-16-12-24-61-30-34/h5-9,12,14-17,19,24,30-32,38-44,46,63-64H,3-4,10-11,13,18,20-23,25-29,56-57H2,1-2H3,(H2,58,73)(H,65,79)(H,66,77)(H,67,74)(H,68,80)(H,69,76)(H,70,78)(H,71,75)(H4,59,60,62)/t32?,38-,39-,40-,41-,42+,43-,44-,46-/m0/s1. The van der Waals surface area contributed by atoms with Crippen molar-refractivity contribution >= 4 is 70.1 Å². The Balaban J connectivity index is 1.55. The fourth-order valence-electron chi connectivity index (χ4n) is 8.89. The minimum absolute atomic E-state index is 0.0500. The predicted molar refractivity (Wildman–Crippen MR) is 301 cm³/mol. The third-order valence-electron chi connectivity index (χ3n) is 13.5. The van der Waals surface area contributed by atoms with Crippen molar-refractivity contribution in [3.63, 3.8) is 0 Å². The van der Waals surface area contributed by atoms with Crippen LogP contribution in [0.25, 0.3) is 10.9 Å². The van der Waals surface area contributed by atoms with Gasteiger partial charge in [-0.2, -0.15) is 5.48 Å². The minimum Gasteiger partial charge on any atom is -0.371 e. The zero-order valence-electron chi connectivity index (χ0n) is 45.7. The second-order valence-electron chi connectivity index (χ2n) is 20.0. The number of aliphatic imine (C=N–C) groups is 1. The Bertz CT molecular complexity index is 2780. The molecule has 5 rings (SSSR count). The lowest BCUT2D eigenvalue weighted by molar-refractivity contribution is -0.151. The van der Waals surface area contributed by atoms with Crippen molar-refractivity contribution in [3.05, 3.63) is 102 Å². The van der Waals surface area contributed by atoms with Crippen LogP contribution in [0.2, 0.25) is 0 Å². The molecule has 438 valence electrons. The number of nitrogens with zero attached hydrogens (tertiary/aromatic N) is 2. The maximum absolute atomic E-state index is 14.8. The fourth-order valence-corrected chi connectivity index (χ4v) is 8.89. The van der Waals surface area contributed by atoms with E-state index in [2.05, 4.69) is 57.7 Å². The number of hydrogen-bond acceptors (Lipinski definition) is 15. The summed E-state index contributed by atoms with van der Waals surface area (Å²) in [6.45, 7) is 3.55. The Labute approximate surface area is 469 Å². The van der Waals surface area contributed by atoms with Gasteiger partial charge >= 0.3 is 5.97 Å². The zero-order chi connectivity index (χ0) is 58.8. The Kier molecular flexibility index (Phi) is 25.5. The quantitative estimate of drug-likeness (QED) is 0.0286. The van der Waals surface area contributed by atoms with E-state index in [1.54, 1.807) is 48.7 Å². The largest absolute Gasteiger partial charge is 0.371 e. The monoisotopic (exact) mass is 1120 g/mol. The van der Waals surface area contributed by atoms with Crippen LogP contribution < -0.4 is 71.4 Å². The van der Waals surface area contributed by atoms with E-state index >= 15 is 0 Å². The number of carbonyl (C=O) groups excluding carboxylic acids is 9. The van der Waals surface area contributed by atoms with Crippen LogP contribution in [0.5, 0.6) is 0 Å². The van der Waals surface area contributed by atoms with Gasteiger partial charge in [0, 0.05) is 74.3 Å². The van der Waals surface area contributed by atoms with E-state index in [1.165, 1.54) is 19.3 Å². The van der Waals surface area contributed by atoms with Crippen molar-refractivity contribution in [1.82, 2.24) is 52.7 Å². The molecule has 26 heteroatoms. The molecule has 2 aromatic carbocycles. The van der Waals surface area contributed by atoms with Gasteiger partial charge in [-0.15, -0.1) is 0 Å². The maximum Gasteiger partial charge on any atom is 0.324 e. The number of aromatic amines is 1. The van der Waals surface area contributed by atoms with E-state index in [1.807, 2.05) is 31.2 Å². The van der Waals surface area contributed by atoms with Gasteiger partial charge in [0.25, 0.3) is 0 Å². The average molecular weight is 1120 g/mol. The van der Waals surface area contributed by atoms with Gasteiger partial charge in [-0.1, -0.05) is 74.4 Å². The highest BCUT2D eigenvalue weighted by Gasteiger charge is 2.35. The third kappa shape index (κ3) is 20.9. The number of hydroxylamine groups is 1. The number of aromatic nitrogens is 2. The normalized spacial score (nSPS) is 21.6.